The molecule has 0 amide bonds. The lowest BCUT2D eigenvalue weighted by atomic mass is 10.0. The van der Waals surface area contributed by atoms with Crippen LogP contribution in [0.4, 0.5) is 0 Å². The minimum absolute atomic E-state index is 0.124. The largest absolute Gasteiger partial charge is 0.462 e. The van der Waals surface area contributed by atoms with Crippen LogP contribution in [0.1, 0.15) is 265 Å². The van der Waals surface area contributed by atoms with E-state index in [1.54, 1.807) is 0 Å². The van der Waals surface area contributed by atoms with Crippen LogP contribution in [0.2, 0.25) is 0 Å². The first-order valence-electron chi connectivity index (χ1n) is 32.6. The third-order valence-electron chi connectivity index (χ3n) is 13.2. The smallest absolute Gasteiger partial charge is 0.306 e. The number of carbonyl (C=O) groups is 3. The van der Waals surface area contributed by atoms with Crippen molar-refractivity contribution in [2.24, 2.45) is 0 Å². The molecule has 1 atom stereocenters. The summed E-state index contributed by atoms with van der Waals surface area (Å²) in [5.41, 5.74) is 0. The lowest BCUT2D eigenvalue weighted by molar-refractivity contribution is -0.167. The lowest BCUT2D eigenvalue weighted by Gasteiger charge is -2.18. The van der Waals surface area contributed by atoms with Gasteiger partial charge in [-0.1, -0.05) is 294 Å². The first-order valence-corrected chi connectivity index (χ1v) is 32.6. The van der Waals surface area contributed by atoms with Crippen molar-refractivity contribution in [2.45, 2.75) is 271 Å². The standard InChI is InChI=1S/C75H118O6/c1-4-7-10-13-16-19-22-25-28-31-32-33-34-35-36-37-38-39-40-41-42-45-47-50-53-56-59-62-65-68-74(77)80-71-72(81-75(78)69-66-63-60-57-54-51-48-44-30-27-24-21-18-15-12-9-6-3)70-79-73(76)67-64-61-58-55-52-49-46-43-29-26-23-20-17-14-11-8-5-2/h7,9-10,12,16,18-19,21,25,27-28,30,32-33,35-36,38-39,41-42,47-48,50-51,56-57,59-60,72H,4-6,8,11,13-15,17,20,22-24,26,29,31,34,37,40,43-46,49,52-55,58,61-71H2,1-3H3/b10-7-,12-9-,19-16-,21-18-,28-25-,30-27-,33-32-,36-35-,39-38-,42-41-,50-47-,51-48-,59-56-,60-57-. The van der Waals surface area contributed by atoms with Gasteiger partial charge in [-0.15, -0.1) is 0 Å². The molecule has 6 nitrogen and oxygen atoms in total. The Balaban J connectivity index is 4.54. The number of allylic oxidation sites excluding steroid dienone is 28. The van der Waals surface area contributed by atoms with Crippen molar-refractivity contribution in [2.75, 3.05) is 13.2 Å². The van der Waals surface area contributed by atoms with E-state index in [9.17, 15) is 14.4 Å². The summed E-state index contributed by atoms with van der Waals surface area (Å²) in [5.74, 6) is -1.05. The minimum atomic E-state index is -0.840. The molecule has 81 heavy (non-hydrogen) atoms. The number of rotatable bonds is 57. The molecule has 454 valence electrons. The zero-order chi connectivity index (χ0) is 58.5. The van der Waals surface area contributed by atoms with E-state index in [2.05, 4.69) is 191 Å². The molecule has 6 heteroatoms. The number of esters is 3. The van der Waals surface area contributed by atoms with Gasteiger partial charge < -0.3 is 14.2 Å². The molecule has 0 aromatic carbocycles. The monoisotopic (exact) mass is 1110 g/mol. The van der Waals surface area contributed by atoms with Crippen LogP contribution in [0.5, 0.6) is 0 Å². The van der Waals surface area contributed by atoms with Gasteiger partial charge in [0, 0.05) is 19.3 Å². The van der Waals surface area contributed by atoms with E-state index in [1.165, 1.54) is 89.9 Å². The van der Waals surface area contributed by atoms with E-state index in [1.807, 2.05) is 0 Å². The first kappa shape index (κ1) is 75.8. The van der Waals surface area contributed by atoms with Gasteiger partial charge in [-0.25, -0.2) is 0 Å². The summed E-state index contributed by atoms with van der Waals surface area (Å²) >= 11 is 0. The van der Waals surface area contributed by atoms with Crippen LogP contribution in [0, 0.1) is 0 Å². The second-order valence-electron chi connectivity index (χ2n) is 20.9. The fourth-order valence-corrected chi connectivity index (χ4v) is 8.42. The maximum absolute atomic E-state index is 12.9. The number of carbonyl (C=O) groups excluding carboxylic acids is 3. The predicted octanol–water partition coefficient (Wildman–Crippen LogP) is 22.7. The van der Waals surface area contributed by atoms with Gasteiger partial charge in [0.2, 0.25) is 0 Å². The summed E-state index contributed by atoms with van der Waals surface area (Å²) in [5, 5.41) is 0. The van der Waals surface area contributed by atoms with Crippen molar-refractivity contribution in [1.82, 2.24) is 0 Å². The number of hydrogen-bond donors (Lipinski definition) is 0. The first-order chi connectivity index (χ1) is 40.0. The molecule has 0 fully saturated rings. The van der Waals surface area contributed by atoms with Gasteiger partial charge in [-0.2, -0.15) is 0 Å². The highest BCUT2D eigenvalue weighted by molar-refractivity contribution is 5.71. The molecule has 0 N–H and O–H groups in total. The molecule has 0 bridgehead atoms. The van der Waals surface area contributed by atoms with Crippen LogP contribution >= 0.6 is 0 Å². The van der Waals surface area contributed by atoms with Crippen molar-refractivity contribution in [1.29, 1.82) is 0 Å². The molecule has 0 saturated carbocycles. The average molecular weight is 1120 g/mol. The predicted molar refractivity (Wildman–Crippen MR) is 352 cm³/mol. The highest BCUT2D eigenvalue weighted by Crippen LogP contribution is 2.15. The quantitative estimate of drug-likeness (QED) is 0.0261. The Kier molecular flexibility index (Phi) is 62.9. The Labute approximate surface area is 498 Å². The van der Waals surface area contributed by atoms with E-state index in [0.717, 1.165) is 122 Å². The Bertz CT molecular complexity index is 1860. The molecule has 0 aliphatic heterocycles. The van der Waals surface area contributed by atoms with Crippen LogP contribution < -0.4 is 0 Å². The maximum Gasteiger partial charge on any atom is 0.306 e. The summed E-state index contributed by atoms with van der Waals surface area (Å²) in [6, 6.07) is 0. The minimum Gasteiger partial charge on any atom is -0.462 e. The van der Waals surface area contributed by atoms with Crippen LogP contribution in [0.3, 0.4) is 0 Å². The Morgan fingerprint density at radius 3 is 0.753 bits per heavy atom. The van der Waals surface area contributed by atoms with Gasteiger partial charge in [0.15, 0.2) is 6.10 Å². The van der Waals surface area contributed by atoms with Gasteiger partial charge in [0.25, 0.3) is 0 Å². The van der Waals surface area contributed by atoms with Gasteiger partial charge in [0.05, 0.1) is 0 Å². The zero-order valence-electron chi connectivity index (χ0n) is 52.0. The summed E-state index contributed by atoms with van der Waals surface area (Å²) in [4.78, 5) is 38.3. The normalized spacial score (nSPS) is 13.3. The number of hydrogen-bond acceptors (Lipinski definition) is 6. The Morgan fingerprint density at radius 1 is 0.259 bits per heavy atom. The molecule has 0 aliphatic rings. The fraction of sp³-hybridized carbons (Fsp3) is 0.587. The SMILES string of the molecule is CC/C=C\C/C=C\C/C=C\C/C=C\C/C=C\C/C=C\C/C=C\C/C=C\C/C=C\CCCC(=O)OCC(COC(=O)CCCCCCCCCCCCCCCCCCC)OC(=O)CCC/C=C\C/C=C\C/C=C\C/C=C\C/C=C\CC. The van der Waals surface area contributed by atoms with Crippen LogP contribution in [0.25, 0.3) is 0 Å². The lowest BCUT2D eigenvalue weighted by Crippen LogP contribution is -2.30. The number of unbranched alkanes of at least 4 members (excludes halogenated alkanes) is 18. The van der Waals surface area contributed by atoms with Crippen molar-refractivity contribution >= 4 is 17.9 Å². The van der Waals surface area contributed by atoms with E-state index in [-0.39, 0.29) is 44.0 Å². The average Bonchev–Trinajstić information content (AvgIpc) is 3.47. The van der Waals surface area contributed by atoms with E-state index < -0.39 is 6.10 Å². The molecule has 0 rings (SSSR count). The maximum atomic E-state index is 12.9. The third-order valence-corrected chi connectivity index (χ3v) is 13.2. The highest BCUT2D eigenvalue weighted by atomic mass is 16.6. The van der Waals surface area contributed by atoms with Crippen molar-refractivity contribution < 1.29 is 28.6 Å². The summed E-state index contributed by atoms with van der Waals surface area (Å²) < 4.78 is 16.8. The van der Waals surface area contributed by atoms with Crippen LogP contribution in [-0.2, 0) is 28.6 Å². The Hall–Kier alpha value is -5.23. The third kappa shape index (κ3) is 65.5. The van der Waals surface area contributed by atoms with Crippen molar-refractivity contribution in [3.63, 3.8) is 0 Å². The summed E-state index contributed by atoms with van der Waals surface area (Å²) in [6.45, 7) is 6.32. The molecule has 0 heterocycles. The molecule has 0 radical (unpaired) electrons. The Morgan fingerprint density at radius 2 is 0.481 bits per heavy atom. The van der Waals surface area contributed by atoms with E-state index >= 15 is 0 Å². The van der Waals surface area contributed by atoms with Gasteiger partial charge in [-0.05, 0) is 122 Å². The fourth-order valence-electron chi connectivity index (χ4n) is 8.42. The molecule has 0 aromatic heterocycles. The molecule has 0 aromatic rings. The highest BCUT2D eigenvalue weighted by Gasteiger charge is 2.19. The van der Waals surface area contributed by atoms with Crippen molar-refractivity contribution in [3.8, 4) is 0 Å². The molecular formula is C75H118O6. The molecular weight excluding hydrogens is 997 g/mol. The molecule has 1 unspecified atom stereocenters. The van der Waals surface area contributed by atoms with Crippen LogP contribution in [0.15, 0.2) is 170 Å². The van der Waals surface area contributed by atoms with Gasteiger partial charge in [0.1, 0.15) is 13.2 Å². The van der Waals surface area contributed by atoms with E-state index in [0.29, 0.717) is 19.3 Å². The van der Waals surface area contributed by atoms with Gasteiger partial charge in [-0.3, -0.25) is 14.4 Å². The topological polar surface area (TPSA) is 78.9 Å². The van der Waals surface area contributed by atoms with E-state index in [4.69, 9.17) is 14.2 Å². The molecule has 0 saturated heterocycles. The molecule has 0 spiro atoms. The second kappa shape index (κ2) is 67.3. The zero-order valence-corrected chi connectivity index (χ0v) is 52.0. The summed E-state index contributed by atoms with van der Waals surface area (Å²) in [7, 11) is 0. The molecule has 0 aliphatic carbocycles. The van der Waals surface area contributed by atoms with Gasteiger partial charge >= 0.3 is 17.9 Å². The second-order valence-corrected chi connectivity index (χ2v) is 20.9. The number of ether oxygens (including phenoxy) is 3. The van der Waals surface area contributed by atoms with Crippen molar-refractivity contribution in [3.05, 3.63) is 170 Å². The summed E-state index contributed by atoms with van der Waals surface area (Å²) in [6.07, 6.45) is 99.4. The van der Waals surface area contributed by atoms with Crippen LogP contribution in [-0.4, -0.2) is 37.2 Å².